The highest BCUT2D eigenvalue weighted by Gasteiger charge is 2.35. The van der Waals surface area contributed by atoms with Gasteiger partial charge in [0.15, 0.2) is 21.3 Å². The second-order valence-electron chi connectivity index (χ2n) is 8.25. The molecule has 1 aliphatic rings. The molecule has 1 heterocycles. The molecular weight excluding hydrogens is 458 g/mol. The van der Waals surface area contributed by atoms with Gasteiger partial charge in [-0.25, -0.2) is 8.42 Å². The first-order chi connectivity index (χ1) is 16.3. The van der Waals surface area contributed by atoms with Gasteiger partial charge in [-0.15, -0.1) is 0 Å². The Morgan fingerprint density at radius 3 is 2.32 bits per heavy atom. The molecule has 1 aliphatic heterocycles. The molecule has 1 fully saturated rings. The van der Waals surface area contributed by atoms with Crippen molar-refractivity contribution in [2.75, 3.05) is 39.4 Å². The molecule has 0 saturated carbocycles. The van der Waals surface area contributed by atoms with Crippen LogP contribution in [0.4, 0.5) is 0 Å². The third-order valence-corrected chi connectivity index (χ3v) is 7.59. The molecule has 1 amide bonds. The maximum Gasteiger partial charge on any atom is 0.254 e. The zero-order chi connectivity index (χ0) is 24.7. The summed E-state index contributed by atoms with van der Waals surface area (Å²) in [6.45, 7) is 2.85. The number of sulfone groups is 1. The quantitative estimate of drug-likeness (QED) is 0.443. The van der Waals surface area contributed by atoms with Crippen LogP contribution in [0.25, 0.3) is 0 Å². The second kappa shape index (κ2) is 11.5. The van der Waals surface area contributed by atoms with Gasteiger partial charge in [-0.2, -0.15) is 0 Å². The number of rotatable bonds is 11. The lowest BCUT2D eigenvalue weighted by Gasteiger charge is -2.29. The average Bonchev–Trinajstić information content (AvgIpc) is 3.20. The predicted octanol–water partition coefficient (Wildman–Crippen LogP) is 3.72. The molecule has 1 saturated heterocycles. The highest BCUT2D eigenvalue weighted by molar-refractivity contribution is 7.91. The first kappa shape index (κ1) is 25.7. The smallest absolute Gasteiger partial charge is 0.254 e. The fourth-order valence-electron chi connectivity index (χ4n) is 4.03. The van der Waals surface area contributed by atoms with E-state index >= 15 is 0 Å². The van der Waals surface area contributed by atoms with Crippen molar-refractivity contribution in [1.29, 1.82) is 0 Å². The third kappa shape index (κ3) is 6.14. The van der Waals surface area contributed by atoms with Gasteiger partial charge >= 0.3 is 0 Å². The lowest BCUT2D eigenvalue weighted by atomic mass is 10.1. The average molecular weight is 492 g/mol. The first-order valence-electron chi connectivity index (χ1n) is 11.3. The number of unbranched alkanes of at least 4 members (excludes halogenated alkanes) is 1. The Bertz CT molecular complexity index is 1080. The normalized spacial score (nSPS) is 16.6. The predicted molar refractivity (Wildman–Crippen MR) is 130 cm³/mol. The molecule has 0 N–H and O–H groups in total. The maximum atomic E-state index is 13.6. The van der Waals surface area contributed by atoms with Crippen LogP contribution in [0.5, 0.6) is 23.0 Å². The number of amides is 1. The molecule has 8 nitrogen and oxygen atoms in total. The van der Waals surface area contributed by atoms with Crippen LogP contribution in [0.3, 0.4) is 0 Å². The fraction of sp³-hybridized carbons (Fsp3) is 0.480. The summed E-state index contributed by atoms with van der Waals surface area (Å²) in [7, 11) is 1.38. The van der Waals surface area contributed by atoms with Crippen LogP contribution < -0.4 is 18.9 Å². The van der Waals surface area contributed by atoms with Crippen molar-refractivity contribution in [3.8, 4) is 23.0 Å². The van der Waals surface area contributed by atoms with E-state index < -0.39 is 15.9 Å². The van der Waals surface area contributed by atoms with Crippen molar-refractivity contribution in [3.05, 3.63) is 47.5 Å². The van der Waals surface area contributed by atoms with Crippen molar-refractivity contribution < 1.29 is 32.2 Å². The van der Waals surface area contributed by atoms with Gasteiger partial charge < -0.3 is 23.8 Å². The first-order valence-corrected chi connectivity index (χ1v) is 13.2. The summed E-state index contributed by atoms with van der Waals surface area (Å²) in [4.78, 5) is 15.3. The SMILES string of the molecule is CCCCOc1cccc(C(=O)N(Cc2cc(OC)c(OC)c(OC)c2)C2CCS(=O)(=O)C2)c1. The van der Waals surface area contributed by atoms with Crippen LogP contribution in [0.1, 0.15) is 42.1 Å². The van der Waals surface area contributed by atoms with Crippen LogP contribution in [0, 0.1) is 0 Å². The van der Waals surface area contributed by atoms with E-state index in [0.717, 1.165) is 18.4 Å². The lowest BCUT2D eigenvalue weighted by molar-refractivity contribution is 0.0680. The Kier molecular flexibility index (Phi) is 8.66. The Hall–Kier alpha value is -2.94. The molecule has 0 spiro atoms. The largest absolute Gasteiger partial charge is 0.494 e. The number of ether oxygens (including phenoxy) is 4. The van der Waals surface area contributed by atoms with E-state index in [1.807, 2.05) is 6.07 Å². The van der Waals surface area contributed by atoms with Crippen molar-refractivity contribution in [3.63, 3.8) is 0 Å². The molecule has 3 rings (SSSR count). The van der Waals surface area contributed by atoms with Crippen LogP contribution in [-0.4, -0.2) is 64.7 Å². The monoisotopic (exact) mass is 491 g/mol. The standard InChI is InChI=1S/C25H33NO7S/c1-5-6-11-33-21-9-7-8-19(15-21)25(27)26(20-10-12-34(28,29)17-20)16-18-13-22(30-2)24(32-4)23(14-18)31-3/h7-9,13-15,20H,5-6,10-12,16-17H2,1-4H3. The molecule has 2 aromatic rings. The highest BCUT2D eigenvalue weighted by atomic mass is 32.2. The van der Waals surface area contributed by atoms with E-state index in [1.54, 1.807) is 35.2 Å². The van der Waals surface area contributed by atoms with E-state index in [1.165, 1.54) is 21.3 Å². The minimum atomic E-state index is -3.20. The van der Waals surface area contributed by atoms with E-state index in [4.69, 9.17) is 18.9 Å². The third-order valence-electron chi connectivity index (χ3n) is 5.84. The molecule has 0 aromatic heterocycles. The topological polar surface area (TPSA) is 91.4 Å². The van der Waals surface area contributed by atoms with Crippen molar-refractivity contribution in [2.24, 2.45) is 0 Å². The Balaban J connectivity index is 1.94. The van der Waals surface area contributed by atoms with Gasteiger partial charge in [0.25, 0.3) is 5.91 Å². The van der Waals surface area contributed by atoms with Gasteiger partial charge in [0.05, 0.1) is 39.4 Å². The zero-order valence-electron chi connectivity index (χ0n) is 20.2. The van der Waals surface area contributed by atoms with Crippen LogP contribution in [0.15, 0.2) is 36.4 Å². The molecule has 34 heavy (non-hydrogen) atoms. The van der Waals surface area contributed by atoms with Gasteiger partial charge in [0.2, 0.25) is 5.75 Å². The van der Waals surface area contributed by atoms with E-state index in [9.17, 15) is 13.2 Å². The molecule has 0 bridgehead atoms. The summed E-state index contributed by atoms with van der Waals surface area (Å²) in [6, 6.07) is 10.1. The minimum absolute atomic E-state index is 0.0597. The van der Waals surface area contributed by atoms with Gasteiger partial charge in [0, 0.05) is 18.2 Å². The number of nitrogens with zero attached hydrogens (tertiary/aromatic N) is 1. The van der Waals surface area contributed by atoms with Crippen molar-refractivity contribution in [1.82, 2.24) is 4.90 Å². The number of carbonyl (C=O) groups is 1. The molecule has 1 atom stereocenters. The van der Waals surface area contributed by atoms with Gasteiger partial charge in [-0.05, 0) is 48.7 Å². The number of hydrogen-bond acceptors (Lipinski definition) is 7. The zero-order valence-corrected chi connectivity index (χ0v) is 21.0. The lowest BCUT2D eigenvalue weighted by Crippen LogP contribution is -2.40. The van der Waals surface area contributed by atoms with Gasteiger partial charge in [0.1, 0.15) is 5.75 Å². The van der Waals surface area contributed by atoms with E-state index in [-0.39, 0.29) is 24.0 Å². The number of carbonyl (C=O) groups excluding carboxylic acids is 1. The number of methoxy groups -OCH3 is 3. The summed E-state index contributed by atoms with van der Waals surface area (Å²) in [6.07, 6.45) is 2.33. The van der Waals surface area contributed by atoms with Crippen molar-refractivity contribution >= 4 is 15.7 Å². The summed E-state index contributed by atoms with van der Waals surface area (Å²) in [5.41, 5.74) is 1.19. The van der Waals surface area contributed by atoms with Gasteiger partial charge in [-0.3, -0.25) is 4.79 Å². The molecular formula is C25H33NO7S. The Morgan fingerprint density at radius 1 is 1.06 bits per heavy atom. The summed E-state index contributed by atoms with van der Waals surface area (Å²) in [5.74, 6) is 1.76. The summed E-state index contributed by atoms with van der Waals surface area (Å²) < 4.78 is 46.5. The fourth-order valence-corrected chi connectivity index (χ4v) is 5.76. The second-order valence-corrected chi connectivity index (χ2v) is 10.5. The molecule has 0 radical (unpaired) electrons. The number of hydrogen-bond donors (Lipinski definition) is 0. The maximum absolute atomic E-state index is 13.6. The van der Waals surface area contributed by atoms with Crippen LogP contribution in [-0.2, 0) is 16.4 Å². The summed E-state index contributed by atoms with van der Waals surface area (Å²) in [5, 5.41) is 0. The molecule has 9 heteroatoms. The summed E-state index contributed by atoms with van der Waals surface area (Å²) >= 11 is 0. The van der Waals surface area contributed by atoms with E-state index in [0.29, 0.717) is 41.6 Å². The highest BCUT2D eigenvalue weighted by Crippen LogP contribution is 2.39. The van der Waals surface area contributed by atoms with Gasteiger partial charge in [-0.1, -0.05) is 19.4 Å². The van der Waals surface area contributed by atoms with Crippen molar-refractivity contribution in [2.45, 2.75) is 38.8 Å². The molecule has 2 aromatic carbocycles. The Labute approximate surface area is 201 Å². The molecule has 186 valence electrons. The van der Waals surface area contributed by atoms with Crippen LogP contribution in [0.2, 0.25) is 0 Å². The molecule has 1 unspecified atom stereocenters. The number of benzene rings is 2. The van der Waals surface area contributed by atoms with Crippen LogP contribution >= 0.6 is 0 Å². The van der Waals surface area contributed by atoms with E-state index in [2.05, 4.69) is 6.92 Å². The molecule has 0 aliphatic carbocycles. The Morgan fingerprint density at radius 2 is 1.76 bits per heavy atom. The minimum Gasteiger partial charge on any atom is -0.494 e.